The number of hydrogen-bond acceptors (Lipinski definition) is 7. The van der Waals surface area contributed by atoms with Crippen LogP contribution in [0.1, 0.15) is 18.9 Å². The highest BCUT2D eigenvalue weighted by molar-refractivity contribution is 7.92. The van der Waals surface area contributed by atoms with E-state index in [9.17, 15) is 13.2 Å². The van der Waals surface area contributed by atoms with E-state index in [1.165, 1.54) is 42.7 Å². The van der Waals surface area contributed by atoms with Gasteiger partial charge in [0.15, 0.2) is 5.82 Å². The highest BCUT2D eigenvalue weighted by Gasteiger charge is 2.24. The van der Waals surface area contributed by atoms with Crippen LogP contribution in [0.4, 0.5) is 17.3 Å². The minimum atomic E-state index is -3.95. The molecule has 0 aliphatic heterocycles. The molecule has 186 valence electrons. The number of rotatable bonds is 8. The average molecular weight is 527 g/mol. The summed E-state index contributed by atoms with van der Waals surface area (Å²) in [5, 5.41) is 4.18. The van der Waals surface area contributed by atoms with Gasteiger partial charge in [-0.1, -0.05) is 41.9 Å². The maximum absolute atomic E-state index is 13.1. The van der Waals surface area contributed by atoms with Crippen LogP contribution in [0.25, 0.3) is 11.1 Å². The van der Waals surface area contributed by atoms with E-state index in [4.69, 9.17) is 16.3 Å². The number of amides is 1. The van der Waals surface area contributed by atoms with Crippen molar-refractivity contribution in [3.05, 3.63) is 77.6 Å². The lowest BCUT2D eigenvalue weighted by Crippen LogP contribution is -2.26. The van der Waals surface area contributed by atoms with Crippen molar-refractivity contribution in [1.29, 1.82) is 0 Å². The number of aryl methyl sites for hydroxylation is 1. The van der Waals surface area contributed by atoms with E-state index in [0.717, 1.165) is 16.7 Å². The Bertz CT molecular complexity index is 1490. The number of aromatic nitrogens is 2. The van der Waals surface area contributed by atoms with Gasteiger partial charge in [-0.25, -0.2) is 13.4 Å². The summed E-state index contributed by atoms with van der Waals surface area (Å²) in [6.07, 6.45) is 2.60. The average Bonchev–Trinajstić information content (AvgIpc) is 3.38. The molecule has 9 nitrogen and oxygen atoms in total. The summed E-state index contributed by atoms with van der Waals surface area (Å²) in [6, 6.07) is 15.4. The monoisotopic (exact) mass is 526 g/mol. The van der Waals surface area contributed by atoms with Crippen molar-refractivity contribution in [2.24, 2.45) is 0 Å². The van der Waals surface area contributed by atoms with Gasteiger partial charge in [0.2, 0.25) is 5.91 Å². The van der Waals surface area contributed by atoms with E-state index in [2.05, 4.69) is 19.4 Å². The zero-order chi connectivity index (χ0) is 25.9. The van der Waals surface area contributed by atoms with Crippen LogP contribution < -0.4 is 14.4 Å². The number of anilines is 3. The number of methoxy groups -OCH3 is 1. The first-order chi connectivity index (χ1) is 17.2. The molecule has 0 fully saturated rings. The molecule has 1 amide bonds. The van der Waals surface area contributed by atoms with Gasteiger partial charge in [0.25, 0.3) is 10.0 Å². The van der Waals surface area contributed by atoms with E-state index < -0.39 is 10.0 Å². The van der Waals surface area contributed by atoms with Gasteiger partial charge in [-0.3, -0.25) is 14.4 Å². The summed E-state index contributed by atoms with van der Waals surface area (Å²) in [5.74, 6) is 0.473. The second-order valence-electron chi connectivity index (χ2n) is 7.78. The number of benzene rings is 2. The fraction of sp³-hybridized carbons (Fsp3) is 0.160. The largest absolute Gasteiger partial charge is 0.495 e. The molecular weight excluding hydrogens is 504 g/mol. The molecule has 4 aromatic rings. The Labute approximate surface area is 213 Å². The van der Waals surface area contributed by atoms with Gasteiger partial charge in [-0.05, 0) is 53.9 Å². The van der Waals surface area contributed by atoms with Crippen molar-refractivity contribution in [3.63, 3.8) is 0 Å². The molecule has 2 heterocycles. The first kappa shape index (κ1) is 25.2. The maximum atomic E-state index is 13.1. The molecule has 1 N–H and O–H groups in total. The number of nitrogens with one attached hydrogen (secondary N) is 1. The first-order valence-electron chi connectivity index (χ1n) is 10.9. The molecule has 0 saturated heterocycles. The van der Waals surface area contributed by atoms with Gasteiger partial charge in [-0.2, -0.15) is 0 Å². The summed E-state index contributed by atoms with van der Waals surface area (Å²) in [7, 11) is -2.45. The number of pyridine rings is 1. The predicted molar refractivity (Wildman–Crippen MR) is 137 cm³/mol. The molecule has 0 aliphatic carbocycles. The predicted octanol–water partition coefficient (Wildman–Crippen LogP) is 5.58. The van der Waals surface area contributed by atoms with Gasteiger partial charge in [0, 0.05) is 23.7 Å². The highest BCUT2D eigenvalue weighted by atomic mass is 35.5. The van der Waals surface area contributed by atoms with E-state index in [0.29, 0.717) is 16.5 Å². The van der Waals surface area contributed by atoms with E-state index in [1.807, 2.05) is 37.3 Å². The van der Waals surface area contributed by atoms with Crippen LogP contribution in [0.15, 0.2) is 76.5 Å². The fourth-order valence-corrected chi connectivity index (χ4v) is 4.60. The Morgan fingerprint density at radius 2 is 1.86 bits per heavy atom. The van der Waals surface area contributed by atoms with Gasteiger partial charge in [0.1, 0.15) is 22.7 Å². The normalized spacial score (nSPS) is 11.2. The van der Waals surface area contributed by atoms with Crippen LogP contribution in [0.3, 0.4) is 0 Å². The van der Waals surface area contributed by atoms with Crippen molar-refractivity contribution in [3.8, 4) is 16.9 Å². The molecule has 0 saturated carbocycles. The lowest BCUT2D eigenvalue weighted by Gasteiger charge is -2.24. The minimum Gasteiger partial charge on any atom is -0.495 e. The van der Waals surface area contributed by atoms with Crippen LogP contribution in [0.5, 0.6) is 5.75 Å². The molecule has 2 aromatic heterocycles. The van der Waals surface area contributed by atoms with E-state index in [-0.39, 0.29) is 28.9 Å². The molecule has 0 aliphatic rings. The van der Waals surface area contributed by atoms with Crippen LogP contribution in [-0.4, -0.2) is 31.6 Å². The Kier molecular flexibility index (Phi) is 7.27. The van der Waals surface area contributed by atoms with Crippen LogP contribution >= 0.6 is 11.6 Å². The Hall–Kier alpha value is -3.89. The number of ether oxygens (including phenoxy) is 1. The molecule has 2 aromatic carbocycles. The third-order valence-electron chi connectivity index (χ3n) is 5.41. The number of sulfonamides is 1. The van der Waals surface area contributed by atoms with Crippen molar-refractivity contribution in [2.75, 3.05) is 16.7 Å². The summed E-state index contributed by atoms with van der Waals surface area (Å²) < 4.78 is 37.8. The Morgan fingerprint density at radius 1 is 1.11 bits per heavy atom. The minimum absolute atomic E-state index is 0.0413. The van der Waals surface area contributed by atoms with E-state index >= 15 is 0 Å². The molecule has 0 spiro atoms. The maximum Gasteiger partial charge on any atom is 0.264 e. The lowest BCUT2D eigenvalue weighted by molar-refractivity contribution is -0.117. The number of carbonyl (C=O) groups is 1. The summed E-state index contributed by atoms with van der Waals surface area (Å²) >= 11 is 6.33. The second kappa shape index (κ2) is 10.4. The zero-order valence-electron chi connectivity index (χ0n) is 19.7. The molecular formula is C25H23ClN4O5S. The topological polar surface area (TPSA) is 115 Å². The third-order valence-corrected chi connectivity index (χ3v) is 7.16. The van der Waals surface area contributed by atoms with Crippen molar-refractivity contribution in [2.45, 2.75) is 25.2 Å². The molecule has 0 bridgehead atoms. The first-order valence-corrected chi connectivity index (χ1v) is 12.8. The van der Waals surface area contributed by atoms with Gasteiger partial charge in [0.05, 0.1) is 12.8 Å². The molecule has 4 rings (SSSR count). The van der Waals surface area contributed by atoms with Crippen LogP contribution in [-0.2, 0) is 14.8 Å². The number of hydrogen-bond donors (Lipinski definition) is 1. The summed E-state index contributed by atoms with van der Waals surface area (Å²) in [6.45, 7) is 3.65. The van der Waals surface area contributed by atoms with E-state index in [1.54, 1.807) is 13.0 Å². The van der Waals surface area contributed by atoms with Crippen molar-refractivity contribution in [1.82, 2.24) is 10.1 Å². The van der Waals surface area contributed by atoms with Crippen LogP contribution in [0, 0.1) is 6.92 Å². The zero-order valence-corrected chi connectivity index (χ0v) is 21.3. The van der Waals surface area contributed by atoms with Gasteiger partial charge >= 0.3 is 0 Å². The SMILES string of the molecule is CCC(=O)N(c1ccc(S(=O)(=O)Nc2ccon2)cn1)c1cc(-c2ccc(C)c(Cl)c2)ccc1OC. The summed E-state index contributed by atoms with van der Waals surface area (Å²) in [5.41, 5.74) is 3.10. The quantitative estimate of drug-likeness (QED) is 0.318. The molecule has 36 heavy (non-hydrogen) atoms. The molecule has 0 unspecified atom stereocenters. The standard InChI is InChI=1S/C25H23ClN4O5S/c1-4-25(31)30(24-10-8-19(15-27-24)36(32,33)29-23-11-12-35-28-23)21-14-18(7-9-22(21)34-3)17-6-5-16(2)20(26)13-17/h5-15H,4H2,1-3H3,(H,28,29). The number of halogens is 1. The Balaban J connectivity index is 1.75. The lowest BCUT2D eigenvalue weighted by atomic mass is 10.0. The van der Waals surface area contributed by atoms with Crippen LogP contribution in [0.2, 0.25) is 5.02 Å². The molecule has 0 atom stereocenters. The molecule has 0 radical (unpaired) electrons. The fourth-order valence-electron chi connectivity index (χ4n) is 3.49. The van der Waals surface area contributed by atoms with Crippen molar-refractivity contribution >= 4 is 44.9 Å². The Morgan fingerprint density at radius 3 is 2.47 bits per heavy atom. The van der Waals surface area contributed by atoms with Gasteiger partial charge < -0.3 is 9.26 Å². The van der Waals surface area contributed by atoms with Gasteiger partial charge in [-0.15, -0.1) is 0 Å². The molecule has 11 heteroatoms. The smallest absolute Gasteiger partial charge is 0.264 e. The van der Waals surface area contributed by atoms with Crippen molar-refractivity contribution < 1.29 is 22.5 Å². The number of carbonyl (C=O) groups excluding carboxylic acids is 1. The number of nitrogens with zero attached hydrogens (tertiary/aromatic N) is 3. The second-order valence-corrected chi connectivity index (χ2v) is 9.87. The summed E-state index contributed by atoms with van der Waals surface area (Å²) in [4.78, 5) is 18.7. The highest BCUT2D eigenvalue weighted by Crippen LogP contribution is 2.38. The third kappa shape index (κ3) is 5.19.